The molecule has 4 aromatic rings. The Balaban J connectivity index is 1.99. The second kappa shape index (κ2) is 11.3. The van der Waals surface area contributed by atoms with Gasteiger partial charge < -0.3 is 9.47 Å². The first-order chi connectivity index (χ1) is 17.7. The summed E-state index contributed by atoms with van der Waals surface area (Å²) in [5.74, 6) is 1.96. The molecule has 1 heterocycles. The van der Waals surface area contributed by atoms with E-state index in [9.17, 15) is 4.79 Å². The second-order valence-electron chi connectivity index (χ2n) is 8.78. The smallest absolute Gasteiger partial charge is 0.282 e. The number of para-hydroxylation sites is 1. The Bertz CT molecular complexity index is 1580. The zero-order valence-corrected chi connectivity index (χ0v) is 23.4. The van der Waals surface area contributed by atoms with Gasteiger partial charge in [0.1, 0.15) is 18.1 Å². The van der Waals surface area contributed by atoms with Gasteiger partial charge in [-0.25, -0.2) is 4.98 Å². The van der Waals surface area contributed by atoms with Gasteiger partial charge in [0.05, 0.1) is 28.7 Å². The van der Waals surface area contributed by atoms with Crippen LogP contribution in [-0.2, 0) is 0 Å². The molecule has 190 valence electrons. The van der Waals surface area contributed by atoms with Crippen LogP contribution in [0.2, 0.25) is 5.02 Å². The van der Waals surface area contributed by atoms with E-state index in [1.807, 2.05) is 37.3 Å². The molecule has 0 aliphatic rings. The zero-order valence-electron chi connectivity index (χ0n) is 21.1. The van der Waals surface area contributed by atoms with Gasteiger partial charge in [-0.2, -0.15) is 9.78 Å². The minimum Gasteiger partial charge on any atom is -0.496 e. The number of aryl methyl sites for hydroxylation is 1. The van der Waals surface area contributed by atoms with E-state index in [0.717, 1.165) is 22.4 Å². The van der Waals surface area contributed by atoms with Gasteiger partial charge in [-0.15, -0.1) is 0 Å². The molecule has 1 aromatic heterocycles. The van der Waals surface area contributed by atoms with E-state index >= 15 is 0 Å². The van der Waals surface area contributed by atoms with Crippen molar-refractivity contribution >= 4 is 44.6 Å². The SMILES string of the molecule is C=CCOc1c(Br)cc(Cl)cc1C=Nn1c(-c2cc(C(C)C)c(OC)cc2C)nc2ccccc2c1=O. The average Bonchev–Trinajstić information content (AvgIpc) is 2.87. The highest BCUT2D eigenvalue weighted by molar-refractivity contribution is 9.10. The minimum atomic E-state index is -0.284. The average molecular weight is 581 g/mol. The van der Waals surface area contributed by atoms with Crippen molar-refractivity contribution < 1.29 is 9.47 Å². The summed E-state index contributed by atoms with van der Waals surface area (Å²) in [4.78, 5) is 18.6. The molecule has 8 heteroatoms. The summed E-state index contributed by atoms with van der Waals surface area (Å²) in [7, 11) is 1.66. The van der Waals surface area contributed by atoms with E-state index < -0.39 is 0 Å². The summed E-state index contributed by atoms with van der Waals surface area (Å²) in [6.45, 7) is 10.2. The molecule has 0 unspecified atom stereocenters. The van der Waals surface area contributed by atoms with E-state index in [1.54, 1.807) is 37.6 Å². The Morgan fingerprint density at radius 3 is 2.68 bits per heavy atom. The van der Waals surface area contributed by atoms with E-state index in [4.69, 9.17) is 26.1 Å². The van der Waals surface area contributed by atoms with Gasteiger partial charge in [-0.3, -0.25) is 4.79 Å². The quantitative estimate of drug-likeness (QED) is 0.161. The molecular weight excluding hydrogens is 554 g/mol. The number of fused-ring (bicyclic) bond motifs is 1. The minimum absolute atomic E-state index is 0.201. The van der Waals surface area contributed by atoms with E-state index in [0.29, 0.717) is 44.1 Å². The Kier molecular flexibility index (Phi) is 8.15. The predicted octanol–water partition coefficient (Wildman–Crippen LogP) is 7.37. The van der Waals surface area contributed by atoms with Crippen LogP contribution < -0.4 is 15.0 Å². The highest BCUT2D eigenvalue weighted by Crippen LogP contribution is 2.35. The van der Waals surface area contributed by atoms with Crippen molar-refractivity contribution in [2.75, 3.05) is 13.7 Å². The maximum atomic E-state index is 13.7. The number of methoxy groups -OCH3 is 1. The highest BCUT2D eigenvalue weighted by Gasteiger charge is 2.18. The van der Waals surface area contributed by atoms with Crippen LogP contribution in [0, 0.1) is 6.92 Å². The summed E-state index contributed by atoms with van der Waals surface area (Å²) in [6, 6.07) is 14.7. The zero-order chi connectivity index (χ0) is 26.7. The summed E-state index contributed by atoms with van der Waals surface area (Å²) in [6.07, 6.45) is 3.20. The largest absolute Gasteiger partial charge is 0.496 e. The summed E-state index contributed by atoms with van der Waals surface area (Å²) in [5.41, 5.74) is 3.62. The third kappa shape index (κ3) is 5.48. The van der Waals surface area contributed by atoms with Crippen molar-refractivity contribution in [2.45, 2.75) is 26.7 Å². The molecule has 0 spiro atoms. The van der Waals surface area contributed by atoms with Gasteiger partial charge in [0, 0.05) is 16.1 Å². The van der Waals surface area contributed by atoms with Crippen LogP contribution in [0.15, 0.2) is 75.6 Å². The molecule has 3 aromatic carbocycles. The standard InChI is InChI=1S/C29H27BrClN3O3/c1-6-11-37-27-19(13-20(31)14-24(27)30)16-32-34-28(33-25-10-8-7-9-21(25)29(34)35)23-15-22(17(2)3)26(36-5)12-18(23)4/h6-10,12-17H,1,11H2,2-5H3. The molecule has 0 aliphatic heterocycles. The van der Waals surface area contributed by atoms with Gasteiger partial charge in [0.25, 0.3) is 5.56 Å². The Morgan fingerprint density at radius 1 is 1.22 bits per heavy atom. The lowest BCUT2D eigenvalue weighted by Gasteiger charge is -2.17. The fourth-order valence-corrected chi connectivity index (χ4v) is 5.01. The number of ether oxygens (including phenoxy) is 2. The van der Waals surface area contributed by atoms with E-state index in [2.05, 4.69) is 41.5 Å². The molecule has 0 fully saturated rings. The highest BCUT2D eigenvalue weighted by atomic mass is 79.9. The molecule has 0 radical (unpaired) electrons. The van der Waals surface area contributed by atoms with Crippen molar-refractivity contribution in [3.63, 3.8) is 0 Å². The Morgan fingerprint density at radius 2 is 1.97 bits per heavy atom. The molecule has 0 bridgehead atoms. The number of hydrogen-bond donors (Lipinski definition) is 0. The van der Waals surface area contributed by atoms with Crippen molar-refractivity contribution in [3.05, 3.63) is 97.7 Å². The number of hydrogen-bond acceptors (Lipinski definition) is 5. The fourth-order valence-electron chi connectivity index (χ4n) is 4.06. The molecule has 0 N–H and O–H groups in total. The topological polar surface area (TPSA) is 65.7 Å². The number of rotatable bonds is 8. The predicted molar refractivity (Wildman–Crippen MR) is 155 cm³/mol. The van der Waals surface area contributed by atoms with Crippen molar-refractivity contribution in [1.29, 1.82) is 0 Å². The normalized spacial score (nSPS) is 11.4. The molecule has 37 heavy (non-hydrogen) atoms. The van der Waals surface area contributed by atoms with Crippen LogP contribution in [0.4, 0.5) is 0 Å². The lowest BCUT2D eigenvalue weighted by molar-refractivity contribution is 0.360. The number of halogens is 2. The lowest BCUT2D eigenvalue weighted by atomic mass is 9.96. The van der Waals surface area contributed by atoms with Crippen LogP contribution in [0.25, 0.3) is 22.3 Å². The number of aromatic nitrogens is 2. The monoisotopic (exact) mass is 579 g/mol. The Hall–Kier alpha value is -3.42. The molecule has 0 saturated heterocycles. The van der Waals surface area contributed by atoms with E-state index in [-0.39, 0.29) is 11.5 Å². The van der Waals surface area contributed by atoms with Crippen molar-refractivity contribution in [3.8, 4) is 22.9 Å². The number of benzene rings is 3. The van der Waals surface area contributed by atoms with Gasteiger partial charge in [0.2, 0.25) is 0 Å². The van der Waals surface area contributed by atoms with Gasteiger partial charge in [-0.1, -0.05) is 50.2 Å². The number of nitrogens with zero attached hydrogens (tertiary/aromatic N) is 3. The third-order valence-corrected chi connectivity index (χ3v) is 6.70. The van der Waals surface area contributed by atoms with Crippen molar-refractivity contribution in [2.24, 2.45) is 5.10 Å². The maximum Gasteiger partial charge on any atom is 0.282 e. The van der Waals surface area contributed by atoms with Crippen LogP contribution in [0.5, 0.6) is 11.5 Å². The van der Waals surface area contributed by atoms with Crippen LogP contribution in [-0.4, -0.2) is 29.6 Å². The first-order valence-electron chi connectivity index (χ1n) is 11.7. The maximum absolute atomic E-state index is 13.7. The van der Waals surface area contributed by atoms with Gasteiger partial charge in [0.15, 0.2) is 5.82 Å². The van der Waals surface area contributed by atoms with E-state index in [1.165, 1.54) is 4.68 Å². The lowest BCUT2D eigenvalue weighted by Crippen LogP contribution is -2.21. The second-order valence-corrected chi connectivity index (χ2v) is 10.1. The van der Waals surface area contributed by atoms with Gasteiger partial charge in [-0.05, 0) is 76.3 Å². The first-order valence-corrected chi connectivity index (χ1v) is 12.9. The summed E-state index contributed by atoms with van der Waals surface area (Å²) in [5, 5.41) is 5.57. The molecule has 0 atom stereocenters. The van der Waals surface area contributed by atoms with Gasteiger partial charge >= 0.3 is 0 Å². The Labute approximate surface area is 229 Å². The molecule has 4 rings (SSSR count). The molecule has 0 aliphatic carbocycles. The first kappa shape index (κ1) is 26.6. The van der Waals surface area contributed by atoms with Crippen LogP contribution in [0.1, 0.15) is 36.5 Å². The third-order valence-electron chi connectivity index (χ3n) is 5.89. The van der Waals surface area contributed by atoms with Crippen LogP contribution >= 0.6 is 27.5 Å². The molecule has 6 nitrogen and oxygen atoms in total. The summed E-state index contributed by atoms with van der Waals surface area (Å²) >= 11 is 9.81. The molecule has 0 saturated carbocycles. The fraction of sp³-hybridized carbons (Fsp3) is 0.207. The summed E-state index contributed by atoms with van der Waals surface area (Å²) < 4.78 is 13.4. The molecule has 0 amide bonds. The van der Waals surface area contributed by atoms with Crippen molar-refractivity contribution in [1.82, 2.24) is 9.66 Å². The molecular formula is C29H27BrClN3O3. The van der Waals surface area contributed by atoms with Crippen LogP contribution in [0.3, 0.4) is 0 Å².